The van der Waals surface area contributed by atoms with Crippen molar-refractivity contribution in [2.45, 2.75) is 13.8 Å². The molecule has 33 heavy (non-hydrogen) atoms. The number of imide groups is 1. The molecule has 0 unspecified atom stereocenters. The van der Waals surface area contributed by atoms with Gasteiger partial charge in [-0.2, -0.15) is 0 Å². The fourth-order valence-corrected chi connectivity index (χ4v) is 4.92. The van der Waals surface area contributed by atoms with Gasteiger partial charge in [0.1, 0.15) is 0 Å². The van der Waals surface area contributed by atoms with Crippen LogP contribution < -0.4 is 4.90 Å². The van der Waals surface area contributed by atoms with Gasteiger partial charge in [-0.15, -0.1) is 0 Å². The van der Waals surface area contributed by atoms with E-state index in [-0.39, 0.29) is 11.8 Å². The van der Waals surface area contributed by atoms with E-state index in [9.17, 15) is 9.59 Å². The van der Waals surface area contributed by atoms with Crippen molar-refractivity contribution in [2.24, 2.45) is 0 Å². The van der Waals surface area contributed by atoms with Gasteiger partial charge in [-0.3, -0.25) is 14.5 Å². The molecule has 5 rings (SSSR count). The molecule has 2 aliphatic heterocycles. The normalized spacial score (nSPS) is 16.8. The summed E-state index contributed by atoms with van der Waals surface area (Å²) in [5.41, 5.74) is 4.86. The molecule has 1 fully saturated rings. The van der Waals surface area contributed by atoms with Crippen molar-refractivity contribution in [1.82, 2.24) is 14.4 Å². The zero-order chi connectivity index (χ0) is 22.9. The van der Waals surface area contributed by atoms with Gasteiger partial charge in [0.25, 0.3) is 11.8 Å². The topological polar surface area (TPSA) is 48.8 Å². The van der Waals surface area contributed by atoms with Gasteiger partial charge in [0.05, 0.1) is 11.1 Å². The Kier molecular flexibility index (Phi) is 5.60. The Balaban J connectivity index is 1.25. The Morgan fingerprint density at radius 1 is 0.727 bits per heavy atom. The summed E-state index contributed by atoms with van der Waals surface area (Å²) in [6, 6.07) is 20.3. The molecule has 2 amide bonds. The lowest BCUT2D eigenvalue weighted by atomic mass is 10.1. The molecule has 2 aliphatic rings. The second-order valence-corrected chi connectivity index (χ2v) is 8.58. The summed E-state index contributed by atoms with van der Waals surface area (Å²) in [6.07, 6.45) is 3.58. The highest BCUT2D eigenvalue weighted by atomic mass is 16.2. The Labute approximate surface area is 194 Å². The van der Waals surface area contributed by atoms with Crippen molar-refractivity contribution in [1.29, 1.82) is 0 Å². The zero-order valence-electron chi connectivity index (χ0n) is 19.1. The lowest BCUT2D eigenvalue weighted by Crippen LogP contribution is -2.46. The number of para-hydroxylation sites is 2. The van der Waals surface area contributed by atoms with Crippen LogP contribution in [-0.2, 0) is 0 Å². The van der Waals surface area contributed by atoms with Crippen LogP contribution in [-0.4, -0.2) is 58.9 Å². The molecule has 0 aliphatic carbocycles. The van der Waals surface area contributed by atoms with Crippen LogP contribution in [0.1, 0.15) is 32.1 Å². The maximum Gasteiger partial charge on any atom is 0.267 e. The quantitative estimate of drug-likeness (QED) is 0.562. The van der Waals surface area contributed by atoms with Crippen molar-refractivity contribution in [2.75, 3.05) is 37.6 Å². The average molecular weight is 441 g/mol. The van der Waals surface area contributed by atoms with Crippen LogP contribution in [0.2, 0.25) is 0 Å². The van der Waals surface area contributed by atoms with Crippen LogP contribution in [0.15, 0.2) is 72.9 Å². The van der Waals surface area contributed by atoms with E-state index in [4.69, 9.17) is 0 Å². The van der Waals surface area contributed by atoms with Gasteiger partial charge in [-0.25, -0.2) is 4.90 Å². The molecule has 3 heterocycles. The van der Waals surface area contributed by atoms with E-state index in [1.807, 2.05) is 60.9 Å². The highest BCUT2D eigenvalue weighted by Gasteiger charge is 2.40. The first kappa shape index (κ1) is 21.2. The molecule has 0 radical (unpaired) electrons. The number of fused-ring (bicyclic) bond motifs is 1. The number of aromatic nitrogens is 1. The first-order valence-corrected chi connectivity index (χ1v) is 11.4. The van der Waals surface area contributed by atoms with Gasteiger partial charge in [0.15, 0.2) is 0 Å². The number of anilines is 1. The summed E-state index contributed by atoms with van der Waals surface area (Å²) in [6.45, 7) is 8.35. The fraction of sp³-hybridized carbons (Fsp3) is 0.259. The van der Waals surface area contributed by atoms with Crippen molar-refractivity contribution in [3.8, 4) is 5.69 Å². The van der Waals surface area contributed by atoms with Crippen LogP contribution in [0.5, 0.6) is 0 Å². The van der Waals surface area contributed by atoms with Crippen LogP contribution in [0.4, 0.5) is 5.69 Å². The largest absolute Gasteiger partial charge is 0.369 e. The number of piperazine rings is 1. The molecule has 0 bridgehead atoms. The van der Waals surface area contributed by atoms with Gasteiger partial charge in [-0.1, -0.05) is 42.5 Å². The smallest absolute Gasteiger partial charge is 0.267 e. The van der Waals surface area contributed by atoms with E-state index in [1.54, 1.807) is 6.20 Å². The second-order valence-electron chi connectivity index (χ2n) is 8.58. The fourth-order valence-electron chi connectivity index (χ4n) is 4.92. The van der Waals surface area contributed by atoms with Crippen LogP contribution >= 0.6 is 0 Å². The third kappa shape index (κ3) is 3.76. The monoisotopic (exact) mass is 440 g/mol. The molecule has 6 heteroatoms. The van der Waals surface area contributed by atoms with Crippen molar-refractivity contribution in [3.63, 3.8) is 0 Å². The van der Waals surface area contributed by atoms with Crippen molar-refractivity contribution in [3.05, 3.63) is 95.5 Å². The van der Waals surface area contributed by atoms with Gasteiger partial charge in [0, 0.05) is 61.7 Å². The predicted molar refractivity (Wildman–Crippen MR) is 130 cm³/mol. The lowest BCUT2D eigenvalue weighted by molar-refractivity contribution is 0.0719. The molecule has 1 aromatic heterocycles. The predicted octanol–water partition coefficient (Wildman–Crippen LogP) is 4.03. The van der Waals surface area contributed by atoms with Crippen LogP contribution in [0.3, 0.4) is 0 Å². The number of carbonyl (C=O) groups is 2. The van der Waals surface area contributed by atoms with Crippen LogP contribution in [0.25, 0.3) is 5.69 Å². The van der Waals surface area contributed by atoms with E-state index in [2.05, 4.69) is 34.1 Å². The van der Waals surface area contributed by atoms with Gasteiger partial charge >= 0.3 is 0 Å². The molecule has 1 saturated heterocycles. The zero-order valence-corrected chi connectivity index (χ0v) is 19.1. The maximum atomic E-state index is 13.1. The minimum Gasteiger partial charge on any atom is -0.369 e. The highest BCUT2D eigenvalue weighted by Crippen LogP contribution is 2.33. The molecule has 0 atom stereocenters. The molecule has 168 valence electrons. The number of carbonyl (C=O) groups excluding carboxylic acids is 2. The lowest BCUT2D eigenvalue weighted by Gasteiger charge is -2.35. The first-order valence-electron chi connectivity index (χ1n) is 11.4. The summed E-state index contributed by atoms with van der Waals surface area (Å²) in [4.78, 5) is 32.2. The molecule has 3 aromatic rings. The molecule has 6 nitrogen and oxygen atoms in total. The van der Waals surface area contributed by atoms with E-state index in [0.717, 1.165) is 43.3 Å². The number of hydrogen-bond acceptors (Lipinski definition) is 4. The molecule has 0 spiro atoms. The SMILES string of the molecule is Cc1c2c(c(C)n1-c1ccccc1)C(=O)N(/C=C/CN1CCN(c3ccccc3)CC1)C2=O. The van der Waals surface area contributed by atoms with Gasteiger partial charge < -0.3 is 9.47 Å². The first-order chi connectivity index (χ1) is 16.1. The standard InChI is InChI=1S/C27H28N4O2/c1-20-24-25(21(2)31(20)23-12-7-4-8-13-23)27(33)30(26(24)32)15-9-14-28-16-18-29(19-17-28)22-10-5-3-6-11-22/h3-13,15H,14,16-19H2,1-2H3/b15-9+. The molecular formula is C27H28N4O2. The highest BCUT2D eigenvalue weighted by molar-refractivity contribution is 6.23. The Bertz CT molecular complexity index is 1170. The summed E-state index contributed by atoms with van der Waals surface area (Å²) in [5, 5.41) is 0. The summed E-state index contributed by atoms with van der Waals surface area (Å²) < 4.78 is 1.99. The number of amides is 2. The maximum absolute atomic E-state index is 13.1. The van der Waals surface area contributed by atoms with E-state index in [0.29, 0.717) is 17.7 Å². The number of benzene rings is 2. The average Bonchev–Trinajstić information content (AvgIpc) is 3.26. The van der Waals surface area contributed by atoms with E-state index >= 15 is 0 Å². The number of hydrogen-bond donors (Lipinski definition) is 0. The third-order valence-corrected chi connectivity index (χ3v) is 6.64. The summed E-state index contributed by atoms with van der Waals surface area (Å²) in [5.74, 6) is -0.481. The minimum absolute atomic E-state index is 0.240. The van der Waals surface area contributed by atoms with E-state index < -0.39 is 0 Å². The molecule has 0 saturated carbocycles. The van der Waals surface area contributed by atoms with Gasteiger partial charge in [0.2, 0.25) is 0 Å². The number of rotatable bonds is 5. The Morgan fingerprint density at radius 3 is 1.79 bits per heavy atom. The molecule has 2 aromatic carbocycles. The molecular weight excluding hydrogens is 412 g/mol. The Morgan fingerprint density at radius 2 is 1.24 bits per heavy atom. The minimum atomic E-state index is -0.240. The number of nitrogens with zero attached hydrogens (tertiary/aromatic N) is 4. The summed E-state index contributed by atoms with van der Waals surface area (Å²) >= 11 is 0. The summed E-state index contributed by atoms with van der Waals surface area (Å²) in [7, 11) is 0. The van der Waals surface area contributed by atoms with Crippen LogP contribution in [0, 0.1) is 13.8 Å². The Hall–Kier alpha value is -3.64. The van der Waals surface area contributed by atoms with E-state index in [1.165, 1.54) is 10.6 Å². The van der Waals surface area contributed by atoms with Gasteiger partial charge in [-0.05, 0) is 38.1 Å². The third-order valence-electron chi connectivity index (χ3n) is 6.64. The van der Waals surface area contributed by atoms with Crippen molar-refractivity contribution >= 4 is 17.5 Å². The second kappa shape index (κ2) is 8.71. The molecule has 0 N–H and O–H groups in total. The van der Waals surface area contributed by atoms with Crippen molar-refractivity contribution < 1.29 is 9.59 Å².